The molecule has 0 saturated carbocycles. The first-order chi connectivity index (χ1) is 12.5. The third kappa shape index (κ3) is 3.26. The van der Waals surface area contributed by atoms with Gasteiger partial charge in [0.25, 0.3) is 5.56 Å². The number of nitrogens with zero attached hydrogens (tertiary/aromatic N) is 4. The van der Waals surface area contributed by atoms with Gasteiger partial charge < -0.3 is 14.2 Å². The summed E-state index contributed by atoms with van der Waals surface area (Å²) < 4.78 is 7.17. The number of ether oxygens (including phenoxy) is 1. The van der Waals surface area contributed by atoms with Crippen molar-refractivity contribution in [3.63, 3.8) is 0 Å². The molecule has 6 nitrogen and oxygen atoms in total. The van der Waals surface area contributed by atoms with Crippen LogP contribution in [0.4, 0.5) is 0 Å². The van der Waals surface area contributed by atoms with Crippen molar-refractivity contribution in [1.29, 1.82) is 0 Å². The van der Waals surface area contributed by atoms with Crippen molar-refractivity contribution in [3.8, 4) is 17.1 Å². The van der Waals surface area contributed by atoms with E-state index in [-0.39, 0.29) is 5.56 Å². The quantitative estimate of drug-likeness (QED) is 0.844. The zero-order chi connectivity index (χ0) is 18.3. The van der Waals surface area contributed by atoms with E-state index >= 15 is 0 Å². The van der Waals surface area contributed by atoms with Gasteiger partial charge in [-0.3, -0.25) is 4.79 Å². The van der Waals surface area contributed by atoms with Crippen LogP contribution >= 0.6 is 0 Å². The summed E-state index contributed by atoms with van der Waals surface area (Å²) in [7, 11) is 1.58. The van der Waals surface area contributed by atoms with Crippen LogP contribution in [0.25, 0.3) is 11.3 Å². The average Bonchev–Trinajstić information content (AvgIpc) is 2.62. The first-order valence-corrected chi connectivity index (χ1v) is 9.37. The SMILES string of the molecule is COc1cc(-c2cc3n(c(=O)c2)C[C@H]2C[C@@H]3CN(CC(C)C)C2)ncn1. The second-order valence-corrected chi connectivity index (χ2v) is 7.97. The molecule has 1 fully saturated rings. The van der Waals surface area contributed by atoms with Gasteiger partial charge in [0.2, 0.25) is 5.88 Å². The van der Waals surface area contributed by atoms with Gasteiger partial charge in [-0.2, -0.15) is 0 Å². The molecule has 0 aliphatic carbocycles. The highest BCUT2D eigenvalue weighted by Crippen LogP contribution is 2.36. The number of methoxy groups -OCH3 is 1. The van der Waals surface area contributed by atoms with E-state index in [0.29, 0.717) is 23.6 Å². The molecular formula is C20H26N4O2. The Kier molecular flexibility index (Phi) is 4.53. The summed E-state index contributed by atoms with van der Waals surface area (Å²) in [5.41, 5.74) is 2.80. The lowest BCUT2D eigenvalue weighted by atomic mass is 9.82. The van der Waals surface area contributed by atoms with E-state index in [2.05, 4.69) is 34.8 Å². The van der Waals surface area contributed by atoms with Crippen LogP contribution in [-0.4, -0.2) is 46.2 Å². The van der Waals surface area contributed by atoms with Crippen LogP contribution in [-0.2, 0) is 6.54 Å². The number of rotatable bonds is 4. The highest BCUT2D eigenvalue weighted by molar-refractivity contribution is 5.60. The zero-order valence-corrected chi connectivity index (χ0v) is 15.7. The maximum atomic E-state index is 12.8. The number of fused-ring (bicyclic) bond motifs is 4. The molecule has 26 heavy (non-hydrogen) atoms. The second-order valence-electron chi connectivity index (χ2n) is 7.97. The van der Waals surface area contributed by atoms with Gasteiger partial charge in [-0.05, 0) is 24.3 Å². The van der Waals surface area contributed by atoms with Gasteiger partial charge in [0.1, 0.15) is 6.33 Å². The lowest BCUT2D eigenvalue weighted by Crippen LogP contribution is -2.48. The van der Waals surface area contributed by atoms with Gasteiger partial charge >= 0.3 is 0 Å². The van der Waals surface area contributed by atoms with Gasteiger partial charge in [0, 0.05) is 55.5 Å². The molecule has 1 saturated heterocycles. The maximum absolute atomic E-state index is 12.8. The predicted octanol–water partition coefficient (Wildman–Crippen LogP) is 2.39. The standard InChI is InChI=1S/C20H26N4O2/c1-13(2)8-23-9-14-4-16(11-23)18-5-15(6-20(25)24(18)10-14)17-7-19(26-3)22-12-21-17/h5-7,12-14,16H,4,8-11H2,1-3H3/t14-,16+/m0/s1. The van der Waals surface area contributed by atoms with E-state index in [0.717, 1.165) is 43.1 Å². The van der Waals surface area contributed by atoms with E-state index in [4.69, 9.17) is 4.74 Å². The normalized spacial score (nSPS) is 22.3. The summed E-state index contributed by atoms with van der Waals surface area (Å²) in [5, 5.41) is 0. The van der Waals surface area contributed by atoms with E-state index in [9.17, 15) is 4.79 Å². The smallest absolute Gasteiger partial charge is 0.251 e. The fourth-order valence-corrected chi connectivity index (χ4v) is 4.48. The van der Waals surface area contributed by atoms with Crippen molar-refractivity contribution < 1.29 is 4.74 Å². The molecule has 2 aliphatic rings. The summed E-state index contributed by atoms with van der Waals surface area (Å²) in [6.45, 7) is 8.62. The van der Waals surface area contributed by atoms with Crippen LogP contribution in [0.5, 0.6) is 5.88 Å². The van der Waals surface area contributed by atoms with Gasteiger partial charge in [-0.1, -0.05) is 13.8 Å². The Hall–Kier alpha value is -2.21. The molecular weight excluding hydrogens is 328 g/mol. The number of piperidine rings is 1. The monoisotopic (exact) mass is 354 g/mol. The van der Waals surface area contributed by atoms with Gasteiger partial charge in [-0.25, -0.2) is 9.97 Å². The van der Waals surface area contributed by atoms with Crippen LogP contribution in [0.15, 0.2) is 29.3 Å². The fraction of sp³-hybridized carbons (Fsp3) is 0.550. The molecule has 4 rings (SSSR count). The molecule has 0 spiro atoms. The van der Waals surface area contributed by atoms with E-state index in [1.54, 1.807) is 19.2 Å². The number of aromatic nitrogens is 3. The van der Waals surface area contributed by atoms with Gasteiger partial charge in [0.15, 0.2) is 0 Å². The fourth-order valence-electron chi connectivity index (χ4n) is 4.48. The minimum atomic E-state index is 0.0714. The van der Waals surface area contributed by atoms with Crippen molar-refractivity contribution in [3.05, 3.63) is 40.6 Å². The Labute approximate surface area is 153 Å². The van der Waals surface area contributed by atoms with Crippen molar-refractivity contribution >= 4 is 0 Å². The van der Waals surface area contributed by atoms with E-state index < -0.39 is 0 Å². The topological polar surface area (TPSA) is 60.2 Å². The molecule has 0 N–H and O–H groups in total. The molecule has 4 heterocycles. The third-order valence-corrected chi connectivity index (χ3v) is 5.40. The van der Waals surface area contributed by atoms with Gasteiger partial charge in [0.05, 0.1) is 12.8 Å². The summed E-state index contributed by atoms with van der Waals surface area (Å²) in [5.74, 6) is 2.16. The van der Waals surface area contributed by atoms with Gasteiger partial charge in [-0.15, -0.1) is 0 Å². The minimum Gasteiger partial charge on any atom is -0.481 e. The number of hydrogen-bond donors (Lipinski definition) is 0. The van der Waals surface area contributed by atoms with Crippen molar-refractivity contribution in [2.45, 2.75) is 32.7 Å². The molecule has 0 unspecified atom stereocenters. The Morgan fingerprint density at radius 1 is 1.19 bits per heavy atom. The Bertz CT molecular complexity index is 861. The molecule has 0 aromatic carbocycles. The number of pyridine rings is 1. The van der Waals surface area contributed by atoms with Crippen LogP contribution in [0.1, 0.15) is 31.9 Å². The third-order valence-electron chi connectivity index (χ3n) is 5.40. The Morgan fingerprint density at radius 3 is 2.81 bits per heavy atom. The molecule has 6 heteroatoms. The number of hydrogen-bond acceptors (Lipinski definition) is 5. The largest absolute Gasteiger partial charge is 0.481 e. The summed E-state index contributed by atoms with van der Waals surface area (Å²) >= 11 is 0. The summed E-state index contributed by atoms with van der Waals surface area (Å²) in [6, 6.07) is 5.62. The second kappa shape index (κ2) is 6.83. The molecule has 0 amide bonds. The van der Waals surface area contributed by atoms with Crippen molar-refractivity contribution in [2.24, 2.45) is 11.8 Å². The van der Waals surface area contributed by atoms with E-state index in [1.165, 1.54) is 12.7 Å². The summed E-state index contributed by atoms with van der Waals surface area (Å²) in [6.07, 6.45) is 2.65. The van der Waals surface area contributed by atoms with Crippen molar-refractivity contribution in [2.75, 3.05) is 26.7 Å². The van der Waals surface area contributed by atoms with Crippen molar-refractivity contribution in [1.82, 2.24) is 19.4 Å². The molecule has 0 radical (unpaired) electrons. The predicted molar refractivity (Wildman–Crippen MR) is 100 cm³/mol. The molecule has 2 atom stereocenters. The van der Waals surface area contributed by atoms with Crippen LogP contribution in [0.2, 0.25) is 0 Å². The maximum Gasteiger partial charge on any atom is 0.251 e. The first kappa shape index (κ1) is 17.2. The highest BCUT2D eigenvalue weighted by Gasteiger charge is 2.35. The first-order valence-electron chi connectivity index (χ1n) is 9.37. The van der Waals surface area contributed by atoms with E-state index in [1.807, 2.05) is 4.57 Å². The average molecular weight is 354 g/mol. The molecule has 2 aromatic heterocycles. The highest BCUT2D eigenvalue weighted by atomic mass is 16.5. The molecule has 138 valence electrons. The minimum absolute atomic E-state index is 0.0714. The number of likely N-dealkylation sites (tertiary alicyclic amines) is 1. The zero-order valence-electron chi connectivity index (χ0n) is 15.7. The Balaban J connectivity index is 1.71. The molecule has 2 aromatic rings. The molecule has 2 aliphatic heterocycles. The lowest BCUT2D eigenvalue weighted by Gasteiger charge is -2.43. The van der Waals surface area contributed by atoms with Crippen LogP contribution in [0.3, 0.4) is 0 Å². The van der Waals surface area contributed by atoms with Crippen LogP contribution in [0, 0.1) is 11.8 Å². The summed E-state index contributed by atoms with van der Waals surface area (Å²) in [4.78, 5) is 23.7. The lowest BCUT2D eigenvalue weighted by molar-refractivity contribution is 0.109. The van der Waals surface area contributed by atoms with Crippen LogP contribution < -0.4 is 10.3 Å². The Morgan fingerprint density at radius 2 is 2.04 bits per heavy atom. The molecule has 2 bridgehead atoms.